The third-order valence-electron chi connectivity index (χ3n) is 4.19. The van der Waals surface area contributed by atoms with Crippen molar-refractivity contribution in [1.29, 1.82) is 0 Å². The van der Waals surface area contributed by atoms with E-state index in [1.165, 1.54) is 36.5 Å². The van der Waals surface area contributed by atoms with Gasteiger partial charge < -0.3 is 19.7 Å². The lowest BCUT2D eigenvalue weighted by Gasteiger charge is -2.32. The highest BCUT2D eigenvalue weighted by atomic mass is 19.4. The summed E-state index contributed by atoms with van der Waals surface area (Å²) in [7, 11) is 1.47. The van der Waals surface area contributed by atoms with Crippen LogP contribution in [0, 0.1) is 0 Å². The van der Waals surface area contributed by atoms with Gasteiger partial charge in [-0.3, -0.25) is 4.98 Å². The Hall–Kier alpha value is -3.04. The lowest BCUT2D eigenvalue weighted by molar-refractivity contribution is -0.137. The van der Waals surface area contributed by atoms with Gasteiger partial charge in [0.2, 0.25) is 11.8 Å². The molecule has 0 aliphatic carbocycles. The highest BCUT2D eigenvalue weighted by Crippen LogP contribution is 2.30. The molecule has 1 aliphatic heterocycles. The van der Waals surface area contributed by atoms with Crippen LogP contribution in [-0.4, -0.2) is 47.2 Å². The topological polar surface area (TPSA) is 76.6 Å². The van der Waals surface area contributed by atoms with Gasteiger partial charge >= 0.3 is 12.2 Å². The van der Waals surface area contributed by atoms with Gasteiger partial charge in [0.05, 0.1) is 31.6 Å². The van der Waals surface area contributed by atoms with Gasteiger partial charge in [0, 0.05) is 12.2 Å². The van der Waals surface area contributed by atoms with Crippen molar-refractivity contribution >= 4 is 11.7 Å². The number of rotatable bonds is 4. The number of urea groups is 1. The van der Waals surface area contributed by atoms with Crippen LogP contribution in [0.1, 0.15) is 18.4 Å². The Morgan fingerprint density at radius 1 is 1.29 bits per heavy atom. The number of nitrogens with zero attached hydrogens (tertiary/aromatic N) is 3. The van der Waals surface area contributed by atoms with Gasteiger partial charge in [0.25, 0.3) is 0 Å². The number of methoxy groups -OCH3 is 1. The average molecular weight is 396 g/mol. The van der Waals surface area contributed by atoms with E-state index < -0.39 is 17.8 Å². The Balaban J connectivity index is 1.61. The molecule has 0 bridgehead atoms. The number of halogens is 3. The zero-order valence-corrected chi connectivity index (χ0v) is 15.1. The van der Waals surface area contributed by atoms with Crippen molar-refractivity contribution in [2.75, 3.05) is 25.5 Å². The van der Waals surface area contributed by atoms with E-state index in [1.54, 1.807) is 0 Å². The molecule has 150 valence electrons. The third kappa shape index (κ3) is 5.02. The highest BCUT2D eigenvalue weighted by molar-refractivity contribution is 5.89. The number of piperidine rings is 1. The summed E-state index contributed by atoms with van der Waals surface area (Å²) in [5, 5.41) is 2.51. The number of benzene rings is 1. The number of anilines is 1. The Labute approximate surface area is 159 Å². The zero-order chi connectivity index (χ0) is 20.1. The number of nitrogens with one attached hydrogen (secondary N) is 1. The lowest BCUT2D eigenvalue weighted by atomic mass is 10.1. The maximum atomic E-state index is 12.8. The molecule has 7 nitrogen and oxygen atoms in total. The van der Waals surface area contributed by atoms with E-state index in [9.17, 15) is 18.0 Å². The van der Waals surface area contributed by atoms with Gasteiger partial charge in [0.15, 0.2) is 0 Å². The predicted molar refractivity (Wildman–Crippen MR) is 94.3 cm³/mol. The van der Waals surface area contributed by atoms with E-state index in [1.807, 2.05) is 0 Å². The average Bonchev–Trinajstić information content (AvgIpc) is 2.68. The van der Waals surface area contributed by atoms with Crippen LogP contribution >= 0.6 is 0 Å². The summed E-state index contributed by atoms with van der Waals surface area (Å²) in [6.45, 7) is 0.762. The monoisotopic (exact) mass is 396 g/mol. The molecular formula is C18H19F3N4O3. The molecule has 1 atom stereocenters. The molecule has 1 saturated heterocycles. The van der Waals surface area contributed by atoms with Gasteiger partial charge in [0.1, 0.15) is 6.10 Å². The molecule has 2 amide bonds. The molecule has 0 spiro atoms. The van der Waals surface area contributed by atoms with Gasteiger partial charge in [-0.25, -0.2) is 4.79 Å². The van der Waals surface area contributed by atoms with Crippen LogP contribution in [0.15, 0.2) is 36.7 Å². The molecule has 1 aromatic carbocycles. The number of aromatic nitrogens is 2. The minimum Gasteiger partial charge on any atom is -0.480 e. The summed E-state index contributed by atoms with van der Waals surface area (Å²) < 4.78 is 49.2. The molecule has 2 aromatic rings. The number of carbonyl (C=O) groups excluding carboxylic acids is 1. The highest BCUT2D eigenvalue weighted by Gasteiger charge is 2.31. The fourth-order valence-corrected chi connectivity index (χ4v) is 2.85. The predicted octanol–water partition coefficient (Wildman–Crippen LogP) is 3.58. The summed E-state index contributed by atoms with van der Waals surface area (Å²) in [6, 6.07) is 4.04. The molecular weight excluding hydrogens is 377 g/mol. The van der Waals surface area contributed by atoms with E-state index in [0.717, 1.165) is 12.1 Å². The van der Waals surface area contributed by atoms with Crippen LogP contribution < -0.4 is 14.8 Å². The van der Waals surface area contributed by atoms with Crippen molar-refractivity contribution in [3.05, 3.63) is 42.2 Å². The minimum atomic E-state index is -4.47. The SMILES string of the molecule is COc1cncc(OC2CCCN(C(=O)Nc3cccc(C(F)(F)F)c3)C2)n1. The van der Waals surface area contributed by atoms with Crippen molar-refractivity contribution in [2.45, 2.75) is 25.1 Å². The number of amides is 2. The van der Waals surface area contributed by atoms with Crippen molar-refractivity contribution in [2.24, 2.45) is 0 Å². The Morgan fingerprint density at radius 2 is 2.07 bits per heavy atom. The smallest absolute Gasteiger partial charge is 0.416 e. The number of hydrogen-bond donors (Lipinski definition) is 1. The first-order valence-electron chi connectivity index (χ1n) is 8.61. The summed E-state index contributed by atoms with van der Waals surface area (Å²) in [4.78, 5) is 22.0. The van der Waals surface area contributed by atoms with Crippen molar-refractivity contribution in [1.82, 2.24) is 14.9 Å². The summed E-state index contributed by atoms with van der Waals surface area (Å²) in [5.74, 6) is 0.594. The number of alkyl halides is 3. The van der Waals surface area contributed by atoms with Gasteiger partial charge in [-0.05, 0) is 31.0 Å². The van der Waals surface area contributed by atoms with E-state index in [4.69, 9.17) is 9.47 Å². The second kappa shape index (κ2) is 8.32. The Bertz CT molecular complexity index is 832. The van der Waals surface area contributed by atoms with Crippen molar-refractivity contribution < 1.29 is 27.4 Å². The molecule has 2 heterocycles. The summed E-state index contributed by atoms with van der Waals surface area (Å²) in [6.07, 6.45) is -0.470. The number of carbonyl (C=O) groups is 1. The summed E-state index contributed by atoms with van der Waals surface area (Å²) >= 11 is 0. The van der Waals surface area contributed by atoms with E-state index in [0.29, 0.717) is 25.3 Å². The Morgan fingerprint density at radius 3 is 2.82 bits per heavy atom. The molecule has 1 unspecified atom stereocenters. The zero-order valence-electron chi connectivity index (χ0n) is 15.1. The normalized spacial score (nSPS) is 17.1. The van der Waals surface area contributed by atoms with Crippen molar-refractivity contribution in [3.8, 4) is 11.8 Å². The molecule has 1 fully saturated rings. The van der Waals surface area contributed by atoms with Crippen molar-refractivity contribution in [3.63, 3.8) is 0 Å². The maximum Gasteiger partial charge on any atom is 0.416 e. The van der Waals surface area contributed by atoms with E-state index in [-0.39, 0.29) is 24.2 Å². The van der Waals surface area contributed by atoms with Crippen LogP contribution in [-0.2, 0) is 6.18 Å². The second-order valence-electron chi connectivity index (χ2n) is 6.24. The molecule has 1 aliphatic rings. The van der Waals surface area contributed by atoms with E-state index >= 15 is 0 Å². The first-order chi connectivity index (χ1) is 13.3. The third-order valence-corrected chi connectivity index (χ3v) is 4.19. The van der Waals surface area contributed by atoms with Crippen LogP contribution in [0.2, 0.25) is 0 Å². The van der Waals surface area contributed by atoms with Gasteiger partial charge in [-0.2, -0.15) is 18.2 Å². The molecule has 28 heavy (non-hydrogen) atoms. The van der Waals surface area contributed by atoms with Crippen LogP contribution in [0.3, 0.4) is 0 Å². The lowest BCUT2D eigenvalue weighted by Crippen LogP contribution is -2.46. The van der Waals surface area contributed by atoms with Gasteiger partial charge in [-0.1, -0.05) is 6.07 Å². The maximum absolute atomic E-state index is 12.8. The largest absolute Gasteiger partial charge is 0.480 e. The summed E-state index contributed by atoms with van der Waals surface area (Å²) in [5.41, 5.74) is -0.733. The van der Waals surface area contributed by atoms with Crippen LogP contribution in [0.5, 0.6) is 11.8 Å². The minimum absolute atomic E-state index is 0.0847. The standard InChI is InChI=1S/C18H19F3N4O3/c1-27-15-9-22-10-16(24-15)28-14-6-3-7-25(11-14)17(26)23-13-5-2-4-12(8-13)18(19,20)21/h2,4-5,8-10,14H,3,6-7,11H2,1H3,(H,23,26). The number of ether oxygens (including phenoxy) is 2. The second-order valence-corrected chi connectivity index (χ2v) is 6.24. The fraction of sp³-hybridized carbons (Fsp3) is 0.389. The molecule has 0 radical (unpaired) electrons. The molecule has 10 heteroatoms. The van der Waals surface area contributed by atoms with Crippen LogP contribution in [0.25, 0.3) is 0 Å². The quantitative estimate of drug-likeness (QED) is 0.855. The number of likely N-dealkylation sites (tertiary alicyclic amines) is 1. The Kier molecular flexibility index (Phi) is 5.86. The molecule has 3 rings (SSSR count). The molecule has 0 saturated carbocycles. The van der Waals surface area contributed by atoms with E-state index in [2.05, 4.69) is 15.3 Å². The number of hydrogen-bond acceptors (Lipinski definition) is 5. The first-order valence-corrected chi connectivity index (χ1v) is 8.61. The van der Waals surface area contributed by atoms with Gasteiger partial charge in [-0.15, -0.1) is 0 Å². The molecule has 1 N–H and O–H groups in total. The fourth-order valence-electron chi connectivity index (χ4n) is 2.85. The van der Waals surface area contributed by atoms with Crippen LogP contribution in [0.4, 0.5) is 23.7 Å². The first kappa shape index (κ1) is 19.7. The molecule has 1 aromatic heterocycles.